The van der Waals surface area contributed by atoms with E-state index in [1.165, 1.54) is 17.7 Å². The minimum Gasteiger partial charge on any atom is -0.338 e. The number of carbonyl (C=O) groups is 3. The molecule has 0 radical (unpaired) electrons. The summed E-state index contributed by atoms with van der Waals surface area (Å²) in [6.07, 6.45) is -4.75. The monoisotopic (exact) mass is 566 g/mol. The first-order valence-electron chi connectivity index (χ1n) is 8.26. The highest BCUT2D eigenvalue weighted by atomic mass is 79.9. The van der Waals surface area contributed by atoms with Crippen LogP contribution >= 0.6 is 31.9 Å². The van der Waals surface area contributed by atoms with Crippen molar-refractivity contribution in [3.8, 4) is 6.07 Å². The summed E-state index contributed by atoms with van der Waals surface area (Å²) in [5.74, 6) is -4.40. The fourth-order valence-electron chi connectivity index (χ4n) is 2.40. The maximum atomic E-state index is 13.4. The molecule has 0 spiro atoms. The zero-order chi connectivity index (χ0) is 23.7. The number of halogens is 6. The molecule has 2 aromatic rings. The Morgan fingerprint density at radius 2 is 1.84 bits per heavy atom. The first-order valence-corrected chi connectivity index (χ1v) is 9.84. The van der Waals surface area contributed by atoms with E-state index in [9.17, 15) is 31.9 Å². The van der Waals surface area contributed by atoms with Gasteiger partial charge in [-0.3, -0.25) is 14.4 Å². The van der Waals surface area contributed by atoms with Gasteiger partial charge in [0, 0.05) is 12.7 Å². The van der Waals surface area contributed by atoms with Crippen molar-refractivity contribution in [3.05, 3.63) is 49.9 Å². The maximum Gasteiger partial charge on any atom is 0.408 e. The first kappa shape index (κ1) is 24.5. The molecule has 13 heteroatoms. The number of hydrogen-bond acceptors (Lipinski definition) is 4. The van der Waals surface area contributed by atoms with Crippen LogP contribution < -0.4 is 10.6 Å². The number of carbonyl (C=O) groups excluding carboxylic acids is 3. The van der Waals surface area contributed by atoms with E-state index >= 15 is 0 Å². The number of rotatable bonds is 5. The molecule has 7 nitrogen and oxygen atoms in total. The largest absolute Gasteiger partial charge is 0.408 e. The number of hydrogen-bond donors (Lipinski definition) is 2. The molecule has 1 atom stereocenters. The van der Waals surface area contributed by atoms with Crippen molar-refractivity contribution in [2.45, 2.75) is 19.1 Å². The standard InChI is InChI=1S/C18H12Br2F4N4O3/c1-7(18(22,23)24)26-17(31)14(29)11-12(19)13(28(2)15(11)20)16(30)27-9-3-4-10(21)8(5-9)6-25/h3-5,7H,1-2H3,(H,26,31)(H,27,30)/t7-/m1/s1. The Labute approximate surface area is 189 Å². The molecule has 0 saturated heterocycles. The fourth-order valence-corrected chi connectivity index (χ4v) is 4.04. The van der Waals surface area contributed by atoms with Gasteiger partial charge in [-0.2, -0.15) is 18.4 Å². The summed E-state index contributed by atoms with van der Waals surface area (Å²) in [5.41, 5.74) is -0.751. The SMILES string of the molecule is C[C@@H](NC(=O)C(=O)c1c(Br)c(C(=O)Nc2ccc(F)c(C#N)c2)n(C)c1Br)C(F)(F)F. The summed E-state index contributed by atoms with van der Waals surface area (Å²) >= 11 is 6.08. The van der Waals surface area contributed by atoms with Gasteiger partial charge in [-0.05, 0) is 57.0 Å². The highest BCUT2D eigenvalue weighted by Gasteiger charge is 2.39. The van der Waals surface area contributed by atoms with Crippen molar-refractivity contribution in [1.82, 2.24) is 9.88 Å². The molecule has 0 fully saturated rings. The Balaban J connectivity index is 2.35. The van der Waals surface area contributed by atoms with Crippen molar-refractivity contribution in [3.63, 3.8) is 0 Å². The van der Waals surface area contributed by atoms with Gasteiger partial charge < -0.3 is 15.2 Å². The van der Waals surface area contributed by atoms with Crippen LogP contribution in [0, 0.1) is 17.1 Å². The van der Waals surface area contributed by atoms with Crippen molar-refractivity contribution in [2.75, 3.05) is 5.32 Å². The molecule has 1 aromatic heterocycles. The Hall–Kier alpha value is -2.72. The van der Waals surface area contributed by atoms with E-state index in [1.54, 1.807) is 11.4 Å². The van der Waals surface area contributed by atoms with E-state index in [2.05, 4.69) is 37.2 Å². The Kier molecular flexibility index (Phi) is 7.28. The van der Waals surface area contributed by atoms with Crippen LogP contribution in [0.2, 0.25) is 0 Å². The lowest BCUT2D eigenvalue weighted by Crippen LogP contribution is -2.45. The van der Waals surface area contributed by atoms with E-state index in [4.69, 9.17) is 5.26 Å². The van der Waals surface area contributed by atoms with Gasteiger partial charge in [0.05, 0.1) is 20.2 Å². The minimum absolute atomic E-state index is 0.0406. The van der Waals surface area contributed by atoms with Gasteiger partial charge in [0.2, 0.25) is 0 Å². The number of aromatic nitrogens is 1. The number of anilines is 1. The predicted molar refractivity (Wildman–Crippen MR) is 108 cm³/mol. The van der Waals surface area contributed by atoms with Gasteiger partial charge in [0.1, 0.15) is 23.6 Å². The van der Waals surface area contributed by atoms with Gasteiger partial charge in [-0.1, -0.05) is 0 Å². The average Bonchev–Trinajstić information content (AvgIpc) is 2.90. The van der Waals surface area contributed by atoms with E-state index in [-0.39, 0.29) is 31.6 Å². The summed E-state index contributed by atoms with van der Waals surface area (Å²) < 4.78 is 52.4. The summed E-state index contributed by atoms with van der Waals surface area (Å²) in [7, 11) is 1.36. The topological polar surface area (TPSA) is 104 Å². The molecule has 164 valence electrons. The Morgan fingerprint density at radius 3 is 2.39 bits per heavy atom. The van der Waals surface area contributed by atoms with Gasteiger partial charge in [-0.25, -0.2) is 4.39 Å². The third kappa shape index (κ3) is 5.13. The number of nitrogens with zero attached hydrogens (tertiary/aromatic N) is 2. The van der Waals surface area contributed by atoms with Gasteiger partial charge in [-0.15, -0.1) is 0 Å². The molecule has 0 saturated carbocycles. The molecular weight excluding hydrogens is 556 g/mol. The van der Waals surface area contributed by atoms with Gasteiger partial charge in [0.15, 0.2) is 0 Å². The van der Waals surface area contributed by atoms with Crippen LogP contribution in [0.15, 0.2) is 27.3 Å². The third-order valence-corrected chi connectivity index (χ3v) is 5.80. The van der Waals surface area contributed by atoms with Crippen LogP contribution in [0.5, 0.6) is 0 Å². The zero-order valence-electron chi connectivity index (χ0n) is 15.7. The van der Waals surface area contributed by atoms with Crippen LogP contribution in [0.25, 0.3) is 0 Å². The average molecular weight is 568 g/mol. The van der Waals surface area contributed by atoms with E-state index in [0.29, 0.717) is 6.92 Å². The van der Waals surface area contributed by atoms with Crippen LogP contribution in [0.4, 0.5) is 23.2 Å². The molecule has 2 amide bonds. The molecule has 0 aliphatic carbocycles. The van der Waals surface area contributed by atoms with Crippen molar-refractivity contribution in [1.29, 1.82) is 5.26 Å². The number of ketones is 1. The number of benzene rings is 1. The van der Waals surface area contributed by atoms with Crippen molar-refractivity contribution >= 4 is 55.1 Å². The molecule has 1 heterocycles. The number of Topliss-reactive ketones (excluding diaryl/α,β-unsaturated/α-hetero) is 1. The Bertz CT molecular complexity index is 1120. The smallest absolute Gasteiger partial charge is 0.338 e. The minimum atomic E-state index is -4.75. The van der Waals surface area contributed by atoms with Gasteiger partial charge in [0.25, 0.3) is 17.6 Å². The second-order valence-corrected chi connectivity index (χ2v) is 7.76. The molecule has 2 N–H and O–H groups in total. The lowest BCUT2D eigenvalue weighted by atomic mass is 10.1. The molecule has 0 aliphatic rings. The van der Waals surface area contributed by atoms with E-state index in [0.717, 1.165) is 12.1 Å². The van der Waals surface area contributed by atoms with Gasteiger partial charge >= 0.3 is 6.18 Å². The first-order chi connectivity index (χ1) is 14.3. The summed E-state index contributed by atoms with van der Waals surface area (Å²) in [4.78, 5) is 37.2. The number of nitrogens with one attached hydrogen (secondary N) is 2. The second kappa shape index (κ2) is 9.19. The zero-order valence-corrected chi connectivity index (χ0v) is 18.9. The Morgan fingerprint density at radius 1 is 1.23 bits per heavy atom. The van der Waals surface area contributed by atoms with Crippen LogP contribution in [0.3, 0.4) is 0 Å². The molecule has 31 heavy (non-hydrogen) atoms. The highest BCUT2D eigenvalue weighted by Crippen LogP contribution is 2.33. The summed E-state index contributed by atoms with van der Waals surface area (Å²) in [6.45, 7) is 0.678. The quantitative estimate of drug-likeness (QED) is 0.323. The number of nitriles is 1. The molecule has 0 unspecified atom stereocenters. The molecule has 1 aromatic carbocycles. The molecule has 2 rings (SSSR count). The van der Waals surface area contributed by atoms with Crippen molar-refractivity contribution in [2.24, 2.45) is 7.05 Å². The summed E-state index contributed by atoms with van der Waals surface area (Å²) in [5, 5.41) is 12.9. The second-order valence-electron chi connectivity index (χ2n) is 6.21. The number of alkyl halides is 3. The predicted octanol–water partition coefficient (Wildman–Crippen LogP) is 4.06. The molecule has 0 bridgehead atoms. The normalized spacial score (nSPS) is 12.1. The molecule has 0 aliphatic heterocycles. The lowest BCUT2D eigenvalue weighted by Gasteiger charge is -2.16. The highest BCUT2D eigenvalue weighted by molar-refractivity contribution is 9.11. The van der Waals surface area contributed by atoms with Crippen molar-refractivity contribution < 1.29 is 31.9 Å². The lowest BCUT2D eigenvalue weighted by molar-refractivity contribution is -0.156. The maximum absolute atomic E-state index is 13.4. The van der Waals surface area contributed by atoms with Crippen LogP contribution in [-0.4, -0.2) is 34.4 Å². The fraction of sp³-hybridized carbons (Fsp3) is 0.222. The van der Waals surface area contributed by atoms with Crippen LogP contribution in [-0.2, 0) is 11.8 Å². The van der Waals surface area contributed by atoms with E-state index in [1.807, 2.05) is 0 Å². The third-order valence-electron chi connectivity index (χ3n) is 4.10. The van der Waals surface area contributed by atoms with Crippen LogP contribution in [0.1, 0.15) is 33.3 Å². The molecular formula is C18H12Br2F4N4O3. The summed E-state index contributed by atoms with van der Waals surface area (Å²) in [6, 6.07) is 2.64. The number of amides is 2. The van der Waals surface area contributed by atoms with E-state index < -0.39 is 35.6 Å².